The molecule has 3 nitrogen and oxygen atoms in total. The van der Waals surface area contributed by atoms with Gasteiger partial charge in [0.25, 0.3) is 5.91 Å². The Morgan fingerprint density at radius 3 is 2.60 bits per heavy atom. The zero-order valence-electron chi connectivity index (χ0n) is 5.97. The first-order valence-electron chi connectivity index (χ1n) is 3.17. The summed E-state index contributed by atoms with van der Waals surface area (Å²) in [6.45, 7) is 3.71. The number of hydrazone groups is 1. The lowest BCUT2D eigenvalue weighted by atomic mass is 10.3. The second-order valence-electron chi connectivity index (χ2n) is 2.16. The summed E-state index contributed by atoms with van der Waals surface area (Å²) in [5, 5.41) is 4.83. The van der Waals surface area contributed by atoms with Crippen LogP contribution in [0.1, 0.15) is 13.8 Å². The van der Waals surface area contributed by atoms with Crippen molar-refractivity contribution in [2.45, 2.75) is 20.0 Å². The van der Waals surface area contributed by atoms with E-state index in [4.69, 9.17) is 0 Å². The molecular formula is C6H9FN2O. The molecule has 56 valence electrons. The normalized spacial score (nSPS) is 25.5. The molecule has 4 heteroatoms. The average molecular weight is 144 g/mol. The van der Waals surface area contributed by atoms with Crippen molar-refractivity contribution in [2.75, 3.05) is 6.54 Å². The molecule has 1 unspecified atom stereocenters. The van der Waals surface area contributed by atoms with E-state index in [0.29, 0.717) is 6.54 Å². The lowest BCUT2D eigenvalue weighted by Gasteiger charge is -2.06. The molecule has 1 heterocycles. The van der Waals surface area contributed by atoms with Crippen LogP contribution >= 0.6 is 0 Å². The van der Waals surface area contributed by atoms with Crippen LogP contribution in [-0.2, 0) is 4.79 Å². The van der Waals surface area contributed by atoms with Gasteiger partial charge in [0.1, 0.15) is 0 Å². The Labute approximate surface area is 58.5 Å². The molecule has 0 spiro atoms. The fourth-order valence-electron chi connectivity index (χ4n) is 0.826. The summed E-state index contributed by atoms with van der Waals surface area (Å²) in [7, 11) is 0. The van der Waals surface area contributed by atoms with E-state index in [0.717, 1.165) is 5.01 Å². The van der Waals surface area contributed by atoms with Crippen LogP contribution in [0.2, 0.25) is 0 Å². The number of rotatable bonds is 1. The van der Waals surface area contributed by atoms with Crippen molar-refractivity contribution in [3.05, 3.63) is 0 Å². The minimum absolute atomic E-state index is 0.256. The highest BCUT2D eigenvalue weighted by atomic mass is 19.1. The number of hydrogen-bond acceptors (Lipinski definition) is 2. The Kier molecular flexibility index (Phi) is 1.70. The first-order valence-corrected chi connectivity index (χ1v) is 3.17. The summed E-state index contributed by atoms with van der Waals surface area (Å²) < 4.78 is 12.6. The second-order valence-corrected chi connectivity index (χ2v) is 2.16. The molecule has 1 atom stereocenters. The van der Waals surface area contributed by atoms with Gasteiger partial charge in [-0.15, -0.1) is 0 Å². The van der Waals surface area contributed by atoms with Crippen LogP contribution in [0.3, 0.4) is 0 Å². The fourth-order valence-corrected chi connectivity index (χ4v) is 0.826. The Morgan fingerprint density at radius 1 is 1.80 bits per heavy atom. The van der Waals surface area contributed by atoms with Crippen LogP contribution < -0.4 is 0 Å². The highest BCUT2D eigenvalue weighted by Crippen LogP contribution is 2.10. The van der Waals surface area contributed by atoms with Gasteiger partial charge in [0.05, 0.1) is 5.71 Å². The van der Waals surface area contributed by atoms with Crippen LogP contribution in [0.25, 0.3) is 0 Å². The third-order valence-electron chi connectivity index (χ3n) is 1.42. The van der Waals surface area contributed by atoms with Crippen LogP contribution in [-0.4, -0.2) is 29.3 Å². The largest absolute Gasteiger partial charge is 0.283 e. The summed E-state index contributed by atoms with van der Waals surface area (Å²) >= 11 is 0. The number of hydrogen-bond donors (Lipinski definition) is 0. The number of halogens is 1. The number of alkyl halides is 1. The van der Waals surface area contributed by atoms with Gasteiger partial charge in [-0.1, -0.05) is 0 Å². The lowest BCUT2D eigenvalue weighted by molar-refractivity contribution is -0.132. The van der Waals surface area contributed by atoms with E-state index < -0.39 is 12.1 Å². The van der Waals surface area contributed by atoms with E-state index >= 15 is 0 Å². The van der Waals surface area contributed by atoms with Crippen molar-refractivity contribution in [1.29, 1.82) is 0 Å². The van der Waals surface area contributed by atoms with Crippen molar-refractivity contribution in [3.63, 3.8) is 0 Å². The zero-order chi connectivity index (χ0) is 7.72. The van der Waals surface area contributed by atoms with Gasteiger partial charge in [0, 0.05) is 6.54 Å². The number of carbonyl (C=O) groups is 1. The number of nitrogens with zero attached hydrogens (tertiary/aromatic N) is 2. The molecule has 0 fully saturated rings. The maximum absolute atomic E-state index is 12.6. The summed E-state index contributed by atoms with van der Waals surface area (Å²) in [5.41, 5.74) is 0.256. The van der Waals surface area contributed by atoms with Gasteiger partial charge in [-0.05, 0) is 13.8 Å². The smallest absolute Gasteiger partial charge is 0.269 e. The first-order chi connectivity index (χ1) is 4.66. The monoisotopic (exact) mass is 144 g/mol. The van der Waals surface area contributed by atoms with Crippen molar-refractivity contribution >= 4 is 11.6 Å². The lowest BCUT2D eigenvalue weighted by Crippen LogP contribution is -2.27. The molecule has 0 N–H and O–H groups in total. The molecule has 0 saturated heterocycles. The third-order valence-corrected chi connectivity index (χ3v) is 1.42. The molecule has 0 aromatic carbocycles. The summed E-state index contributed by atoms with van der Waals surface area (Å²) in [4.78, 5) is 10.8. The van der Waals surface area contributed by atoms with Crippen LogP contribution in [0.15, 0.2) is 5.10 Å². The molecule has 0 aliphatic carbocycles. The molecule has 0 radical (unpaired) electrons. The van der Waals surface area contributed by atoms with Crippen LogP contribution in [0.5, 0.6) is 0 Å². The highest BCUT2D eigenvalue weighted by Gasteiger charge is 2.31. The molecule has 1 aliphatic heterocycles. The zero-order valence-corrected chi connectivity index (χ0v) is 5.97. The Hall–Kier alpha value is -0.930. The molecule has 1 amide bonds. The standard InChI is InChI=1S/C6H9FN2O/c1-3-9-6(10)5(7)4(2)8-9/h5H,3H2,1-2H3. The Bertz CT molecular complexity index is 190. The minimum Gasteiger partial charge on any atom is -0.269 e. The topological polar surface area (TPSA) is 32.7 Å². The van der Waals surface area contributed by atoms with Gasteiger partial charge in [-0.3, -0.25) is 4.79 Å². The quantitative estimate of drug-likeness (QED) is 0.529. The van der Waals surface area contributed by atoms with Gasteiger partial charge >= 0.3 is 0 Å². The molecule has 0 aromatic heterocycles. The summed E-state index contributed by atoms with van der Waals surface area (Å²) in [5.74, 6) is -0.542. The Balaban J connectivity index is 2.76. The third kappa shape index (κ3) is 0.894. The van der Waals surface area contributed by atoms with E-state index in [9.17, 15) is 9.18 Å². The van der Waals surface area contributed by atoms with E-state index in [1.165, 1.54) is 6.92 Å². The van der Waals surface area contributed by atoms with Crippen LogP contribution in [0, 0.1) is 0 Å². The Morgan fingerprint density at radius 2 is 2.40 bits per heavy atom. The molecular weight excluding hydrogens is 135 g/mol. The van der Waals surface area contributed by atoms with Crippen molar-refractivity contribution < 1.29 is 9.18 Å². The van der Waals surface area contributed by atoms with E-state index in [-0.39, 0.29) is 5.71 Å². The van der Waals surface area contributed by atoms with Crippen molar-refractivity contribution in [1.82, 2.24) is 5.01 Å². The minimum atomic E-state index is -1.50. The fraction of sp³-hybridized carbons (Fsp3) is 0.667. The summed E-state index contributed by atoms with van der Waals surface area (Å²) in [6, 6.07) is 0. The SMILES string of the molecule is CCN1N=C(C)C(F)C1=O. The molecule has 1 aliphatic rings. The van der Waals surface area contributed by atoms with Gasteiger partial charge in [0.2, 0.25) is 6.17 Å². The molecule has 0 aromatic rings. The van der Waals surface area contributed by atoms with Crippen LogP contribution in [0.4, 0.5) is 4.39 Å². The van der Waals surface area contributed by atoms with Crippen molar-refractivity contribution in [2.24, 2.45) is 5.10 Å². The van der Waals surface area contributed by atoms with E-state index in [1.807, 2.05) is 0 Å². The van der Waals surface area contributed by atoms with Gasteiger partial charge in [-0.2, -0.15) is 5.10 Å². The number of carbonyl (C=O) groups excluding carboxylic acids is 1. The molecule has 10 heavy (non-hydrogen) atoms. The van der Waals surface area contributed by atoms with E-state index in [1.54, 1.807) is 6.92 Å². The predicted octanol–water partition coefficient (Wildman–Crippen LogP) is 0.562. The first kappa shape index (κ1) is 7.18. The number of amides is 1. The van der Waals surface area contributed by atoms with Gasteiger partial charge in [-0.25, -0.2) is 9.40 Å². The molecule has 1 rings (SSSR count). The summed E-state index contributed by atoms with van der Waals surface area (Å²) in [6.07, 6.45) is -1.50. The van der Waals surface area contributed by atoms with E-state index in [2.05, 4.69) is 5.10 Å². The average Bonchev–Trinajstić information content (AvgIpc) is 2.17. The predicted molar refractivity (Wildman–Crippen MR) is 35.4 cm³/mol. The van der Waals surface area contributed by atoms with Crippen molar-refractivity contribution in [3.8, 4) is 0 Å². The van der Waals surface area contributed by atoms with Gasteiger partial charge in [0.15, 0.2) is 0 Å². The molecule has 0 bridgehead atoms. The van der Waals surface area contributed by atoms with Gasteiger partial charge < -0.3 is 0 Å². The maximum Gasteiger partial charge on any atom is 0.283 e. The maximum atomic E-state index is 12.6. The second kappa shape index (κ2) is 2.36. The highest BCUT2D eigenvalue weighted by molar-refractivity contribution is 6.09. The molecule has 0 saturated carbocycles.